The number of methoxy groups -OCH3 is 1. The molecule has 0 aliphatic carbocycles. The maximum Gasteiger partial charge on any atom is 0.326 e. The highest BCUT2D eigenvalue weighted by molar-refractivity contribution is 5.76. The van der Waals surface area contributed by atoms with Gasteiger partial charge in [0.25, 0.3) is 0 Å². The van der Waals surface area contributed by atoms with Crippen LogP contribution in [0.4, 0.5) is 4.39 Å². The van der Waals surface area contributed by atoms with Crippen LogP contribution in [0.3, 0.4) is 0 Å². The zero-order chi connectivity index (χ0) is 23.8. The monoisotopic (exact) mass is 455 g/mol. The zero-order valence-electron chi connectivity index (χ0n) is 18.9. The summed E-state index contributed by atoms with van der Waals surface area (Å²) in [4.78, 5) is 12.9. The molecule has 0 radical (unpaired) electrons. The largest absolute Gasteiger partial charge is 0.488 e. The van der Waals surface area contributed by atoms with E-state index in [1.165, 1.54) is 19.2 Å². The molecule has 5 heteroatoms. The van der Waals surface area contributed by atoms with E-state index in [-0.39, 0.29) is 12.4 Å². The number of nitrogens with one attached hydrogen (secondary N) is 1. The minimum Gasteiger partial charge on any atom is -0.488 e. The second kappa shape index (κ2) is 10.8. The molecule has 0 aliphatic heterocycles. The van der Waals surface area contributed by atoms with Crippen molar-refractivity contribution in [2.45, 2.75) is 11.6 Å². The van der Waals surface area contributed by atoms with Crippen molar-refractivity contribution in [2.75, 3.05) is 13.7 Å². The molecule has 0 bridgehead atoms. The average Bonchev–Trinajstić information content (AvgIpc) is 2.91. The summed E-state index contributed by atoms with van der Waals surface area (Å²) in [6.07, 6.45) is 0. The molecular weight excluding hydrogens is 429 g/mol. The summed E-state index contributed by atoms with van der Waals surface area (Å²) in [5.74, 6) is -0.932. The Hall–Kier alpha value is -3.96. The van der Waals surface area contributed by atoms with Crippen LogP contribution in [0, 0.1) is 5.82 Å². The van der Waals surface area contributed by atoms with Crippen molar-refractivity contribution in [3.05, 3.63) is 138 Å². The maximum atomic E-state index is 14.2. The first-order valence-corrected chi connectivity index (χ1v) is 11.0. The van der Waals surface area contributed by atoms with Gasteiger partial charge in [0.05, 0.1) is 12.6 Å². The van der Waals surface area contributed by atoms with Crippen LogP contribution >= 0.6 is 0 Å². The van der Waals surface area contributed by atoms with Crippen LogP contribution in [0.2, 0.25) is 0 Å². The standard InChI is InChI=1S/C29H26FNO3/c1-33-28(32)26(21-34-27-20-12-11-19-25(27)30)31-29(22-13-5-2-6-14-22,23-15-7-3-8-16-23)24-17-9-4-10-18-24/h2-20,26,31H,21H2,1H3/t26-/m1/s1. The Kier molecular flexibility index (Phi) is 7.35. The Morgan fingerprint density at radius 3 is 1.65 bits per heavy atom. The normalized spacial score (nSPS) is 12.1. The van der Waals surface area contributed by atoms with Gasteiger partial charge in [-0.05, 0) is 28.8 Å². The summed E-state index contributed by atoms with van der Waals surface area (Å²) in [6.45, 7) is -0.123. The highest BCUT2D eigenvalue weighted by Crippen LogP contribution is 2.37. The molecule has 4 nitrogen and oxygen atoms in total. The van der Waals surface area contributed by atoms with Crippen LogP contribution in [0.25, 0.3) is 0 Å². The zero-order valence-corrected chi connectivity index (χ0v) is 18.9. The number of esters is 1. The van der Waals surface area contributed by atoms with Gasteiger partial charge >= 0.3 is 5.97 Å². The van der Waals surface area contributed by atoms with Gasteiger partial charge in [-0.3, -0.25) is 10.1 Å². The topological polar surface area (TPSA) is 47.6 Å². The number of halogens is 1. The Labute approximate surface area is 199 Å². The third kappa shape index (κ3) is 4.85. The van der Waals surface area contributed by atoms with Gasteiger partial charge < -0.3 is 9.47 Å². The molecule has 0 aliphatic rings. The molecule has 0 aromatic heterocycles. The van der Waals surface area contributed by atoms with E-state index in [0.29, 0.717) is 0 Å². The van der Waals surface area contributed by atoms with Crippen LogP contribution in [0.15, 0.2) is 115 Å². The van der Waals surface area contributed by atoms with Gasteiger partial charge in [-0.1, -0.05) is 103 Å². The highest BCUT2D eigenvalue weighted by Gasteiger charge is 2.40. The van der Waals surface area contributed by atoms with E-state index in [0.717, 1.165) is 16.7 Å². The average molecular weight is 456 g/mol. The van der Waals surface area contributed by atoms with Crippen molar-refractivity contribution >= 4 is 5.97 Å². The predicted octanol–water partition coefficient (Wildman–Crippen LogP) is 5.33. The molecule has 4 rings (SSSR count). The maximum absolute atomic E-state index is 14.2. The summed E-state index contributed by atoms with van der Waals surface area (Å²) in [5, 5.41) is 3.53. The molecular formula is C29H26FNO3. The van der Waals surface area contributed by atoms with E-state index in [9.17, 15) is 9.18 Å². The molecule has 34 heavy (non-hydrogen) atoms. The van der Waals surface area contributed by atoms with E-state index < -0.39 is 23.4 Å². The lowest BCUT2D eigenvalue weighted by molar-refractivity contribution is -0.144. The highest BCUT2D eigenvalue weighted by atomic mass is 19.1. The summed E-state index contributed by atoms with van der Waals surface area (Å²) in [6, 6.07) is 34.9. The van der Waals surface area contributed by atoms with Gasteiger partial charge in [0, 0.05) is 0 Å². The van der Waals surface area contributed by atoms with Gasteiger partial charge in [-0.25, -0.2) is 4.39 Å². The Balaban J connectivity index is 1.83. The van der Waals surface area contributed by atoms with Crippen molar-refractivity contribution in [1.82, 2.24) is 5.32 Å². The van der Waals surface area contributed by atoms with Gasteiger partial charge in [0.15, 0.2) is 11.6 Å². The third-order valence-electron chi connectivity index (χ3n) is 5.74. The molecule has 0 spiro atoms. The molecule has 4 aromatic carbocycles. The van der Waals surface area contributed by atoms with Crippen LogP contribution in [-0.2, 0) is 15.1 Å². The lowest BCUT2D eigenvalue weighted by Gasteiger charge is -2.39. The predicted molar refractivity (Wildman–Crippen MR) is 130 cm³/mol. The summed E-state index contributed by atoms with van der Waals surface area (Å²) in [7, 11) is 1.33. The quantitative estimate of drug-likeness (QED) is 0.274. The minimum absolute atomic E-state index is 0.0722. The van der Waals surface area contributed by atoms with Crippen molar-refractivity contribution in [3.8, 4) is 5.75 Å². The Bertz CT molecular complexity index is 1100. The lowest BCUT2D eigenvalue weighted by Crippen LogP contribution is -2.55. The minimum atomic E-state index is -0.902. The van der Waals surface area contributed by atoms with Crippen LogP contribution in [0.1, 0.15) is 16.7 Å². The SMILES string of the molecule is COC(=O)[C@@H](COc1ccccc1F)NC(c1ccccc1)(c1ccccc1)c1ccccc1. The second-order valence-electron chi connectivity index (χ2n) is 7.81. The number of ether oxygens (including phenoxy) is 2. The molecule has 0 unspecified atom stereocenters. The van der Waals surface area contributed by atoms with E-state index in [1.807, 2.05) is 91.0 Å². The molecule has 0 fully saturated rings. The first kappa shape index (κ1) is 23.2. The fourth-order valence-electron chi connectivity index (χ4n) is 4.12. The van der Waals surface area contributed by atoms with Crippen LogP contribution in [-0.4, -0.2) is 25.7 Å². The number of para-hydroxylation sites is 1. The molecule has 1 N–H and O–H groups in total. The number of carbonyl (C=O) groups is 1. The fraction of sp³-hybridized carbons (Fsp3) is 0.138. The summed E-state index contributed by atoms with van der Waals surface area (Å²) in [5.41, 5.74) is 1.91. The Morgan fingerprint density at radius 2 is 1.21 bits per heavy atom. The molecule has 0 saturated carbocycles. The smallest absolute Gasteiger partial charge is 0.326 e. The molecule has 0 saturated heterocycles. The van der Waals surface area contributed by atoms with Gasteiger partial charge in [0.1, 0.15) is 12.6 Å². The number of rotatable bonds is 9. The number of benzene rings is 4. The van der Waals surface area contributed by atoms with Gasteiger partial charge in [-0.2, -0.15) is 0 Å². The molecule has 172 valence electrons. The first-order valence-electron chi connectivity index (χ1n) is 11.0. The fourth-order valence-corrected chi connectivity index (χ4v) is 4.12. The molecule has 4 aromatic rings. The summed E-state index contributed by atoms with van der Waals surface area (Å²) < 4.78 is 25.0. The summed E-state index contributed by atoms with van der Waals surface area (Å²) >= 11 is 0. The van der Waals surface area contributed by atoms with E-state index in [1.54, 1.807) is 12.1 Å². The lowest BCUT2D eigenvalue weighted by atomic mass is 9.76. The Morgan fingerprint density at radius 1 is 0.765 bits per heavy atom. The second-order valence-corrected chi connectivity index (χ2v) is 7.81. The molecule has 1 atom stereocenters. The molecule has 0 amide bonds. The van der Waals surface area contributed by atoms with E-state index >= 15 is 0 Å². The number of hydrogen-bond acceptors (Lipinski definition) is 4. The van der Waals surface area contributed by atoms with Crippen molar-refractivity contribution in [1.29, 1.82) is 0 Å². The van der Waals surface area contributed by atoms with Crippen LogP contribution in [0.5, 0.6) is 5.75 Å². The van der Waals surface area contributed by atoms with Crippen molar-refractivity contribution in [2.24, 2.45) is 0 Å². The van der Waals surface area contributed by atoms with Crippen molar-refractivity contribution < 1.29 is 18.7 Å². The van der Waals surface area contributed by atoms with Crippen molar-refractivity contribution in [3.63, 3.8) is 0 Å². The van der Waals surface area contributed by atoms with Gasteiger partial charge in [-0.15, -0.1) is 0 Å². The van der Waals surface area contributed by atoms with E-state index in [4.69, 9.17) is 9.47 Å². The van der Waals surface area contributed by atoms with Gasteiger partial charge in [0.2, 0.25) is 0 Å². The third-order valence-corrected chi connectivity index (χ3v) is 5.74. The number of hydrogen-bond donors (Lipinski definition) is 1. The van der Waals surface area contributed by atoms with Crippen LogP contribution < -0.4 is 10.1 Å². The van der Waals surface area contributed by atoms with E-state index in [2.05, 4.69) is 5.32 Å². The first-order chi connectivity index (χ1) is 16.6. The number of carbonyl (C=O) groups excluding carboxylic acids is 1. The molecule has 0 heterocycles.